The first-order chi connectivity index (χ1) is 15.3. The van der Waals surface area contributed by atoms with Crippen LogP contribution < -0.4 is 0 Å². The number of amides is 1. The number of nitrogens with zero attached hydrogens (tertiary/aromatic N) is 2. The summed E-state index contributed by atoms with van der Waals surface area (Å²) in [7, 11) is -3.81. The van der Waals surface area contributed by atoms with E-state index in [-0.39, 0.29) is 21.4 Å². The molecule has 0 saturated carbocycles. The van der Waals surface area contributed by atoms with E-state index in [1.807, 2.05) is 37.3 Å². The fraction of sp³-hybridized carbons (Fsp3) is 0.391. The number of esters is 1. The van der Waals surface area contributed by atoms with Crippen molar-refractivity contribution in [3.05, 3.63) is 64.7 Å². The average Bonchev–Trinajstić information content (AvgIpc) is 2.82. The molecule has 0 aromatic heterocycles. The highest BCUT2D eigenvalue weighted by molar-refractivity contribution is 7.89. The van der Waals surface area contributed by atoms with Crippen LogP contribution in [0.15, 0.2) is 53.4 Å². The molecule has 1 heterocycles. The summed E-state index contributed by atoms with van der Waals surface area (Å²) in [5, 5.41) is 0.0446. The number of benzene rings is 2. The van der Waals surface area contributed by atoms with E-state index >= 15 is 0 Å². The third-order valence-corrected chi connectivity index (χ3v) is 7.76. The largest absolute Gasteiger partial charge is 0.452 e. The van der Waals surface area contributed by atoms with Gasteiger partial charge in [0.05, 0.1) is 10.6 Å². The minimum atomic E-state index is -3.81. The van der Waals surface area contributed by atoms with Gasteiger partial charge in [0.25, 0.3) is 5.91 Å². The Morgan fingerprint density at radius 3 is 2.41 bits per heavy atom. The van der Waals surface area contributed by atoms with E-state index in [2.05, 4.69) is 0 Å². The molecule has 0 bridgehead atoms. The molecule has 0 aliphatic carbocycles. The molecule has 0 N–H and O–H groups in total. The number of piperidine rings is 1. The van der Waals surface area contributed by atoms with Gasteiger partial charge in [0, 0.05) is 26.2 Å². The van der Waals surface area contributed by atoms with Crippen molar-refractivity contribution in [2.45, 2.75) is 37.6 Å². The lowest BCUT2D eigenvalue weighted by Crippen LogP contribution is -2.36. The SMILES string of the molecule is CCN(Cc1ccccc1)C(=O)COC(=O)c1ccc(Cl)c(S(=O)(=O)N2CCCCC2)c1. The first-order valence-electron chi connectivity index (χ1n) is 10.6. The number of hydrogen-bond donors (Lipinski definition) is 0. The second-order valence-corrected chi connectivity index (χ2v) is 9.89. The van der Waals surface area contributed by atoms with Gasteiger partial charge >= 0.3 is 5.97 Å². The molecule has 1 fully saturated rings. The highest BCUT2D eigenvalue weighted by Gasteiger charge is 2.29. The summed E-state index contributed by atoms with van der Waals surface area (Å²) in [6.45, 7) is 3.14. The van der Waals surface area contributed by atoms with E-state index in [4.69, 9.17) is 16.3 Å². The first kappa shape index (κ1) is 24.2. The van der Waals surface area contributed by atoms with Crippen LogP contribution in [0.4, 0.5) is 0 Å². The van der Waals surface area contributed by atoms with Gasteiger partial charge in [-0.25, -0.2) is 13.2 Å². The van der Waals surface area contributed by atoms with Crippen molar-refractivity contribution in [1.82, 2.24) is 9.21 Å². The van der Waals surface area contributed by atoms with Crippen molar-refractivity contribution < 1.29 is 22.7 Å². The number of carbonyl (C=O) groups excluding carboxylic acids is 2. The van der Waals surface area contributed by atoms with Gasteiger partial charge in [0.1, 0.15) is 4.90 Å². The van der Waals surface area contributed by atoms with Crippen LogP contribution in [-0.2, 0) is 26.1 Å². The molecule has 7 nitrogen and oxygen atoms in total. The Morgan fingerprint density at radius 1 is 1.06 bits per heavy atom. The zero-order valence-electron chi connectivity index (χ0n) is 18.0. The van der Waals surface area contributed by atoms with E-state index in [1.54, 1.807) is 4.90 Å². The summed E-state index contributed by atoms with van der Waals surface area (Å²) in [4.78, 5) is 26.5. The molecule has 0 atom stereocenters. The predicted molar refractivity (Wildman–Crippen MR) is 122 cm³/mol. The number of hydrogen-bond acceptors (Lipinski definition) is 5. The molecule has 172 valence electrons. The molecule has 32 heavy (non-hydrogen) atoms. The molecule has 1 aliphatic rings. The lowest BCUT2D eigenvalue weighted by atomic mass is 10.2. The Bertz CT molecular complexity index is 1050. The molecule has 1 aliphatic heterocycles. The van der Waals surface area contributed by atoms with Gasteiger partial charge in [-0.3, -0.25) is 4.79 Å². The number of rotatable bonds is 8. The Kier molecular flexibility index (Phi) is 8.28. The van der Waals surface area contributed by atoms with E-state index in [0.29, 0.717) is 26.2 Å². The van der Waals surface area contributed by atoms with Crippen LogP contribution in [0.5, 0.6) is 0 Å². The zero-order chi connectivity index (χ0) is 23.1. The summed E-state index contributed by atoms with van der Waals surface area (Å²) in [6.07, 6.45) is 2.56. The third kappa shape index (κ3) is 5.88. The second-order valence-electron chi connectivity index (χ2n) is 7.58. The summed E-state index contributed by atoms with van der Waals surface area (Å²) in [6, 6.07) is 13.5. The number of ether oxygens (including phenoxy) is 1. The van der Waals surface area contributed by atoms with E-state index in [0.717, 1.165) is 24.8 Å². The molecule has 0 unspecified atom stereocenters. The van der Waals surface area contributed by atoms with Crippen molar-refractivity contribution in [3.63, 3.8) is 0 Å². The minimum Gasteiger partial charge on any atom is -0.452 e. The van der Waals surface area contributed by atoms with Gasteiger partial charge in [-0.2, -0.15) is 4.31 Å². The van der Waals surface area contributed by atoms with Crippen LogP contribution in [0.1, 0.15) is 42.1 Å². The molecule has 1 saturated heterocycles. The highest BCUT2D eigenvalue weighted by Crippen LogP contribution is 2.28. The quantitative estimate of drug-likeness (QED) is 0.540. The molecule has 1 amide bonds. The topological polar surface area (TPSA) is 84.0 Å². The second kappa shape index (κ2) is 10.9. The molecular weight excluding hydrogens is 452 g/mol. The molecule has 9 heteroatoms. The van der Waals surface area contributed by atoms with Crippen LogP contribution in [0.2, 0.25) is 5.02 Å². The standard InChI is InChI=1S/C23H27ClN2O5S/c1-2-25(16-18-9-5-3-6-10-18)22(27)17-31-23(28)19-11-12-20(24)21(15-19)32(29,30)26-13-7-4-8-14-26/h3,5-6,9-12,15H,2,4,7-8,13-14,16-17H2,1H3. The monoisotopic (exact) mass is 478 g/mol. The maximum atomic E-state index is 13.0. The normalized spacial score (nSPS) is 14.7. The highest BCUT2D eigenvalue weighted by atomic mass is 35.5. The molecule has 3 rings (SSSR count). The molecular formula is C23H27ClN2O5S. The Morgan fingerprint density at radius 2 is 1.75 bits per heavy atom. The Balaban J connectivity index is 1.67. The van der Waals surface area contributed by atoms with E-state index in [9.17, 15) is 18.0 Å². The smallest absolute Gasteiger partial charge is 0.338 e. The van der Waals surface area contributed by atoms with Crippen molar-refractivity contribution in [1.29, 1.82) is 0 Å². The van der Waals surface area contributed by atoms with Crippen LogP contribution in [-0.4, -0.2) is 55.7 Å². The van der Waals surface area contributed by atoms with Gasteiger partial charge in [-0.15, -0.1) is 0 Å². The lowest BCUT2D eigenvalue weighted by Gasteiger charge is -2.26. The lowest BCUT2D eigenvalue weighted by molar-refractivity contribution is -0.134. The average molecular weight is 479 g/mol. The van der Waals surface area contributed by atoms with Crippen LogP contribution in [0.25, 0.3) is 0 Å². The van der Waals surface area contributed by atoms with Crippen LogP contribution in [0, 0.1) is 0 Å². The van der Waals surface area contributed by atoms with Crippen LogP contribution in [0.3, 0.4) is 0 Å². The van der Waals surface area contributed by atoms with Crippen molar-refractivity contribution in [3.8, 4) is 0 Å². The molecule has 0 spiro atoms. The summed E-state index contributed by atoms with van der Waals surface area (Å²) in [5.74, 6) is -1.11. The van der Waals surface area contributed by atoms with Gasteiger partial charge in [-0.05, 0) is 43.5 Å². The van der Waals surface area contributed by atoms with Crippen molar-refractivity contribution >= 4 is 33.5 Å². The number of halogens is 1. The fourth-order valence-corrected chi connectivity index (χ4v) is 5.57. The van der Waals surface area contributed by atoms with Crippen molar-refractivity contribution in [2.75, 3.05) is 26.2 Å². The summed E-state index contributed by atoms with van der Waals surface area (Å²) >= 11 is 6.15. The number of carbonyl (C=O) groups is 2. The van der Waals surface area contributed by atoms with Gasteiger partial charge in [0.15, 0.2) is 6.61 Å². The summed E-state index contributed by atoms with van der Waals surface area (Å²) in [5.41, 5.74) is 1.00. The van der Waals surface area contributed by atoms with Crippen molar-refractivity contribution in [2.24, 2.45) is 0 Å². The first-order valence-corrected chi connectivity index (χ1v) is 12.4. The molecule has 2 aromatic carbocycles. The van der Waals surface area contributed by atoms with Gasteiger partial charge in [0.2, 0.25) is 10.0 Å². The fourth-order valence-electron chi connectivity index (χ4n) is 3.55. The third-order valence-electron chi connectivity index (χ3n) is 5.38. The molecule has 0 radical (unpaired) electrons. The summed E-state index contributed by atoms with van der Waals surface area (Å²) < 4.78 is 32.5. The van der Waals surface area contributed by atoms with Crippen LogP contribution >= 0.6 is 11.6 Å². The Labute approximate surface area is 194 Å². The van der Waals surface area contributed by atoms with E-state index < -0.39 is 22.6 Å². The van der Waals surface area contributed by atoms with Gasteiger partial charge < -0.3 is 9.64 Å². The number of likely N-dealkylation sites (N-methyl/N-ethyl adjacent to an activating group) is 1. The maximum Gasteiger partial charge on any atom is 0.338 e. The Hall–Kier alpha value is -2.42. The van der Waals surface area contributed by atoms with Gasteiger partial charge in [-0.1, -0.05) is 48.4 Å². The maximum absolute atomic E-state index is 13.0. The predicted octanol–water partition coefficient (Wildman–Crippen LogP) is 3.72. The number of sulfonamides is 1. The molecule has 2 aromatic rings. The zero-order valence-corrected chi connectivity index (χ0v) is 19.6. The van der Waals surface area contributed by atoms with E-state index in [1.165, 1.54) is 22.5 Å². The minimum absolute atomic E-state index is 0.0314.